The van der Waals surface area contributed by atoms with Crippen LogP contribution in [0, 0.1) is 35.5 Å². The molecule has 0 saturated carbocycles. The number of carboxylic acids is 2. The predicted octanol–water partition coefficient (Wildman–Crippen LogP) is 0.198. The van der Waals surface area contributed by atoms with Crippen molar-refractivity contribution in [3.8, 4) is 0 Å². The Morgan fingerprint density at radius 1 is 0.581 bits per heavy atom. The Hall–Kier alpha value is -6.07. The second kappa shape index (κ2) is 32.3. The number of guanidine groups is 1. The van der Waals surface area contributed by atoms with Gasteiger partial charge in [0.05, 0.1) is 6.04 Å². The Kier molecular flexibility index (Phi) is 28.8. The number of carbonyl (C=O) groups excluding carboxylic acids is 8. The van der Waals surface area contributed by atoms with Crippen molar-refractivity contribution in [3.63, 3.8) is 0 Å². The maximum Gasteiger partial charge on any atom is 0.326 e. The molecule has 1 aliphatic rings. The zero-order valence-corrected chi connectivity index (χ0v) is 45.7. The van der Waals surface area contributed by atoms with Gasteiger partial charge in [0.2, 0.25) is 47.3 Å². The maximum absolute atomic E-state index is 14.3. The van der Waals surface area contributed by atoms with Gasteiger partial charge in [0.25, 0.3) is 0 Å². The number of aliphatic carboxylic acids is 2. The summed E-state index contributed by atoms with van der Waals surface area (Å²) in [6.45, 7) is 21.4. The third-order valence-electron chi connectivity index (χ3n) is 12.7. The average molecular weight is 1050 g/mol. The van der Waals surface area contributed by atoms with Crippen LogP contribution < -0.4 is 54.4 Å². The summed E-state index contributed by atoms with van der Waals surface area (Å²) >= 11 is 0. The Labute approximate surface area is 436 Å². The standard InChI is InChI=1S/C50H90N12O12/c1-13-30(12)40(47(71)58-33(22-25(2)3)42(66)59-35(49(73)74)24-27(6)7)61-43(67)34(23-26(4)5)57-41(65)31(16-14-20-54-50(52)53)55-46(70)39(29(10)11)60-44(68)36-17-15-21-62(36)48(72)32(18-19-37(63)64)56-45(69)38(51)28(8)9/h25-36,38-40H,13-24,51H2,1-12H3,(H,55,70)(H,56,69)(H,57,65)(H,58,71)(H,59,66)(H,60,68)(H,61,67)(H,63,64)(H,73,74)(H4,52,53,54)/t30-,31-,32-,33-,34-,35-,36-,38-,39-,40-/m0/s1. The number of rotatable bonds is 33. The minimum Gasteiger partial charge on any atom is -0.481 e. The van der Waals surface area contributed by atoms with Crippen LogP contribution in [-0.4, -0.2) is 148 Å². The van der Waals surface area contributed by atoms with Crippen LogP contribution in [0.15, 0.2) is 4.99 Å². The molecule has 8 amide bonds. The van der Waals surface area contributed by atoms with Crippen molar-refractivity contribution >= 4 is 65.2 Å². The molecule has 15 N–H and O–H groups in total. The minimum absolute atomic E-state index is 0.0327. The van der Waals surface area contributed by atoms with Gasteiger partial charge < -0.3 is 69.5 Å². The maximum atomic E-state index is 14.3. The number of hydrogen-bond donors (Lipinski definition) is 12. The first kappa shape index (κ1) is 65.9. The number of hydrogen-bond acceptors (Lipinski definition) is 12. The van der Waals surface area contributed by atoms with Crippen LogP contribution in [-0.2, 0) is 47.9 Å². The molecular formula is C50H90N12O12. The Morgan fingerprint density at radius 3 is 1.54 bits per heavy atom. The molecule has 10 atom stereocenters. The number of carbonyl (C=O) groups is 10. The molecule has 0 radical (unpaired) electrons. The van der Waals surface area contributed by atoms with Gasteiger partial charge in [0.1, 0.15) is 48.3 Å². The van der Waals surface area contributed by atoms with Crippen molar-refractivity contribution in [2.75, 3.05) is 13.1 Å². The summed E-state index contributed by atoms with van der Waals surface area (Å²) in [4.78, 5) is 140. The molecule has 74 heavy (non-hydrogen) atoms. The van der Waals surface area contributed by atoms with Crippen LogP contribution >= 0.6 is 0 Å². The number of aliphatic imine (C=N–C) groups is 1. The monoisotopic (exact) mass is 1050 g/mol. The molecule has 24 heteroatoms. The largest absolute Gasteiger partial charge is 0.481 e. The molecule has 0 aliphatic carbocycles. The number of amides is 8. The zero-order valence-electron chi connectivity index (χ0n) is 45.7. The topological polar surface area (TPSA) is 389 Å². The summed E-state index contributed by atoms with van der Waals surface area (Å²) in [5.74, 6) is -9.93. The van der Waals surface area contributed by atoms with Gasteiger partial charge in [0.15, 0.2) is 5.96 Å². The lowest BCUT2D eigenvalue weighted by Crippen LogP contribution is -2.61. The summed E-state index contributed by atoms with van der Waals surface area (Å²) < 4.78 is 0. The molecule has 1 rings (SSSR count). The van der Waals surface area contributed by atoms with E-state index >= 15 is 0 Å². The van der Waals surface area contributed by atoms with Gasteiger partial charge in [-0.2, -0.15) is 0 Å². The summed E-state index contributed by atoms with van der Waals surface area (Å²) in [6, 6.07) is -10.7. The van der Waals surface area contributed by atoms with Crippen LogP contribution in [0.5, 0.6) is 0 Å². The van der Waals surface area contributed by atoms with Crippen LogP contribution in [0.3, 0.4) is 0 Å². The molecule has 422 valence electrons. The van der Waals surface area contributed by atoms with Gasteiger partial charge in [-0.05, 0) is 86.9 Å². The lowest BCUT2D eigenvalue weighted by atomic mass is 9.95. The highest BCUT2D eigenvalue weighted by atomic mass is 16.4. The van der Waals surface area contributed by atoms with Crippen molar-refractivity contribution in [3.05, 3.63) is 0 Å². The Bertz CT molecular complexity index is 1940. The molecule has 0 aromatic heterocycles. The molecule has 1 heterocycles. The number of nitrogens with zero attached hydrogens (tertiary/aromatic N) is 2. The van der Waals surface area contributed by atoms with Crippen molar-refractivity contribution in [1.82, 2.24) is 42.1 Å². The van der Waals surface area contributed by atoms with Gasteiger partial charge in [-0.15, -0.1) is 0 Å². The third-order valence-corrected chi connectivity index (χ3v) is 12.7. The fourth-order valence-electron chi connectivity index (χ4n) is 8.28. The minimum atomic E-state index is -1.31. The molecule has 24 nitrogen and oxygen atoms in total. The Balaban J connectivity index is 3.50. The normalized spacial score (nSPS) is 17.2. The van der Waals surface area contributed by atoms with Crippen molar-refractivity contribution in [1.29, 1.82) is 0 Å². The van der Waals surface area contributed by atoms with Crippen molar-refractivity contribution in [2.45, 2.75) is 202 Å². The molecule has 0 aromatic carbocycles. The smallest absolute Gasteiger partial charge is 0.326 e. The highest BCUT2D eigenvalue weighted by molar-refractivity contribution is 5.98. The summed E-state index contributed by atoms with van der Waals surface area (Å²) in [6.07, 6.45) is 0.870. The van der Waals surface area contributed by atoms with Gasteiger partial charge in [-0.3, -0.25) is 48.1 Å². The number of nitrogens with two attached hydrogens (primary N) is 3. The Morgan fingerprint density at radius 2 is 1.05 bits per heavy atom. The summed E-state index contributed by atoms with van der Waals surface area (Å²) in [5.41, 5.74) is 17.1. The SMILES string of the molecule is CC[C@H](C)[C@H](NC(=O)[C@H](CC(C)C)NC(=O)[C@H](CCCN=C(N)N)NC(=O)[C@@H](NC(=O)[C@@H]1CCCN1C(=O)[C@H](CCC(=O)O)NC(=O)[C@@H](N)C(C)C)C(C)C)C(=O)N[C@@H](CC(C)C)C(=O)N[C@@H](CC(C)C)C(=O)O. The first-order chi connectivity index (χ1) is 34.4. The number of nitrogens with one attached hydrogen (secondary N) is 7. The van der Waals surface area contributed by atoms with Crippen molar-refractivity contribution < 1.29 is 58.2 Å². The molecule has 0 spiro atoms. The van der Waals surface area contributed by atoms with Crippen molar-refractivity contribution in [2.24, 2.45) is 57.7 Å². The van der Waals surface area contributed by atoms with E-state index in [9.17, 15) is 58.2 Å². The predicted molar refractivity (Wildman–Crippen MR) is 278 cm³/mol. The molecule has 0 aromatic rings. The fourth-order valence-corrected chi connectivity index (χ4v) is 8.28. The van der Waals surface area contributed by atoms with Crippen LogP contribution in [0.2, 0.25) is 0 Å². The molecule has 1 fully saturated rings. The average Bonchev–Trinajstić information content (AvgIpc) is 3.80. The van der Waals surface area contributed by atoms with E-state index in [1.807, 2.05) is 48.5 Å². The van der Waals surface area contributed by atoms with Gasteiger partial charge in [-0.25, -0.2) is 4.79 Å². The number of carboxylic acid groups (broad SMARTS) is 2. The van der Waals surface area contributed by atoms with E-state index in [0.29, 0.717) is 12.8 Å². The van der Waals surface area contributed by atoms with Gasteiger partial charge >= 0.3 is 11.9 Å². The molecular weight excluding hydrogens is 961 g/mol. The van der Waals surface area contributed by atoms with E-state index in [4.69, 9.17) is 17.2 Å². The van der Waals surface area contributed by atoms with E-state index in [0.717, 1.165) is 0 Å². The van der Waals surface area contributed by atoms with Gasteiger partial charge in [0, 0.05) is 19.5 Å². The fraction of sp³-hybridized carbons (Fsp3) is 0.780. The molecule has 1 saturated heterocycles. The summed E-state index contributed by atoms with van der Waals surface area (Å²) in [7, 11) is 0. The lowest BCUT2D eigenvalue weighted by Gasteiger charge is -2.32. The lowest BCUT2D eigenvalue weighted by molar-refractivity contribution is -0.143. The first-order valence-corrected chi connectivity index (χ1v) is 26.1. The van der Waals surface area contributed by atoms with E-state index in [1.165, 1.54) is 4.90 Å². The highest BCUT2D eigenvalue weighted by Crippen LogP contribution is 2.21. The third kappa shape index (κ3) is 23.0. The summed E-state index contributed by atoms with van der Waals surface area (Å²) in [5, 5.41) is 38.0. The second-order valence-electron chi connectivity index (χ2n) is 21.5. The molecule has 0 unspecified atom stereocenters. The van der Waals surface area contributed by atoms with Crippen LogP contribution in [0.25, 0.3) is 0 Å². The van der Waals surface area contributed by atoms with Crippen LogP contribution in [0.4, 0.5) is 0 Å². The quantitative estimate of drug-likeness (QED) is 0.0237. The van der Waals surface area contributed by atoms with E-state index < -0.39 is 132 Å². The second-order valence-corrected chi connectivity index (χ2v) is 21.5. The number of likely N-dealkylation sites (tertiary alicyclic amines) is 1. The van der Waals surface area contributed by atoms with E-state index in [-0.39, 0.29) is 87.7 Å². The first-order valence-electron chi connectivity index (χ1n) is 26.1. The molecule has 1 aliphatic heterocycles. The van der Waals surface area contributed by atoms with Crippen LogP contribution in [0.1, 0.15) is 147 Å². The highest BCUT2D eigenvalue weighted by Gasteiger charge is 2.41. The van der Waals surface area contributed by atoms with Gasteiger partial charge in [-0.1, -0.05) is 89.5 Å². The van der Waals surface area contributed by atoms with E-state index in [1.54, 1.807) is 34.6 Å². The zero-order chi connectivity index (χ0) is 56.7. The molecule has 0 bridgehead atoms. The van der Waals surface area contributed by atoms with E-state index in [2.05, 4.69) is 42.2 Å².